The van der Waals surface area contributed by atoms with Gasteiger partial charge in [-0.2, -0.15) is 13.2 Å². The van der Waals surface area contributed by atoms with E-state index >= 15 is 0 Å². The molecule has 0 aliphatic heterocycles. The van der Waals surface area contributed by atoms with E-state index in [1.54, 1.807) is 0 Å². The van der Waals surface area contributed by atoms with Crippen LogP contribution in [-0.2, 0) is 9.47 Å². The zero-order valence-corrected chi connectivity index (χ0v) is 8.73. The summed E-state index contributed by atoms with van der Waals surface area (Å²) in [5.41, 5.74) is -1.26. The third kappa shape index (κ3) is 4.08. The van der Waals surface area contributed by atoms with E-state index in [0.29, 0.717) is 0 Å². The second-order valence-corrected chi connectivity index (χ2v) is 4.94. The van der Waals surface area contributed by atoms with Gasteiger partial charge in [-0.15, -0.1) is 0 Å². The Morgan fingerprint density at radius 3 is 1.83 bits per heavy atom. The first-order chi connectivity index (χ1) is 5.41. The monoisotopic (exact) mass is 202 g/mol. The standard InChI is InChI=1S/C6H13F3O2Si/c1-4(6(7,8)9)12-5(10-2)11-3/h4-5H,12H2,1-3H3. The highest BCUT2D eigenvalue weighted by atomic mass is 28.2. The third-order valence-corrected chi connectivity index (χ3v) is 3.85. The van der Waals surface area contributed by atoms with Crippen LogP contribution in [0.15, 0.2) is 0 Å². The smallest absolute Gasteiger partial charge is 0.360 e. The van der Waals surface area contributed by atoms with Gasteiger partial charge in [0.25, 0.3) is 0 Å². The molecule has 2 nitrogen and oxygen atoms in total. The minimum atomic E-state index is -4.11. The molecule has 0 heterocycles. The molecular weight excluding hydrogens is 189 g/mol. The summed E-state index contributed by atoms with van der Waals surface area (Å²) in [7, 11) is 1.28. The lowest BCUT2D eigenvalue weighted by Crippen LogP contribution is -2.31. The van der Waals surface area contributed by atoms with Gasteiger partial charge in [-0.25, -0.2) is 0 Å². The molecule has 0 bridgehead atoms. The molecule has 0 N–H and O–H groups in total. The SMILES string of the molecule is COC(OC)[SiH2]C(C)C(F)(F)F. The summed E-state index contributed by atoms with van der Waals surface area (Å²) >= 11 is 0. The van der Waals surface area contributed by atoms with Crippen molar-refractivity contribution in [3.63, 3.8) is 0 Å². The van der Waals surface area contributed by atoms with Crippen LogP contribution in [0.4, 0.5) is 13.2 Å². The quantitative estimate of drug-likeness (QED) is 0.502. The molecule has 1 unspecified atom stereocenters. The van der Waals surface area contributed by atoms with Crippen LogP contribution in [0.3, 0.4) is 0 Å². The molecule has 0 rings (SSSR count). The molecule has 1 atom stereocenters. The van der Waals surface area contributed by atoms with Crippen LogP contribution >= 0.6 is 0 Å². The summed E-state index contributed by atoms with van der Waals surface area (Å²) in [5, 5.41) is 0. The number of hydrogen-bond donors (Lipinski definition) is 0. The van der Waals surface area contributed by atoms with Gasteiger partial charge in [-0.05, 0) is 0 Å². The largest absolute Gasteiger partial charge is 0.388 e. The van der Waals surface area contributed by atoms with Crippen LogP contribution in [-0.4, -0.2) is 35.8 Å². The van der Waals surface area contributed by atoms with Gasteiger partial charge in [0.05, 0.1) is 0 Å². The van der Waals surface area contributed by atoms with E-state index in [9.17, 15) is 13.2 Å². The van der Waals surface area contributed by atoms with Crippen LogP contribution in [0.1, 0.15) is 6.92 Å². The molecule has 0 amide bonds. The Labute approximate surface area is 71.9 Å². The maximum Gasteiger partial charge on any atom is 0.388 e. The van der Waals surface area contributed by atoms with Crippen molar-refractivity contribution in [1.82, 2.24) is 0 Å². The number of hydrogen-bond acceptors (Lipinski definition) is 2. The minimum Gasteiger partial charge on any atom is -0.360 e. The molecule has 0 aliphatic rings. The Kier molecular flexibility index (Phi) is 4.80. The number of rotatable bonds is 4. The topological polar surface area (TPSA) is 18.5 Å². The Balaban J connectivity index is 3.90. The number of methoxy groups -OCH3 is 2. The summed E-state index contributed by atoms with van der Waals surface area (Å²) in [6.45, 7) is 1.16. The highest BCUT2D eigenvalue weighted by Crippen LogP contribution is 2.30. The Morgan fingerprint density at radius 1 is 1.17 bits per heavy atom. The number of ether oxygens (including phenoxy) is 2. The zero-order valence-electron chi connectivity index (χ0n) is 7.31. The molecule has 0 saturated carbocycles. The lowest BCUT2D eigenvalue weighted by Gasteiger charge is -2.19. The predicted octanol–water partition coefficient (Wildman–Crippen LogP) is 1.10. The normalized spacial score (nSPS) is 16.2. The summed E-state index contributed by atoms with van der Waals surface area (Å²) in [6.07, 6.45) is -4.11. The van der Waals surface area contributed by atoms with Crippen molar-refractivity contribution in [3.8, 4) is 0 Å². The fourth-order valence-corrected chi connectivity index (χ4v) is 1.94. The molecular formula is C6H13F3O2Si. The molecule has 12 heavy (non-hydrogen) atoms. The highest BCUT2D eigenvalue weighted by Gasteiger charge is 2.37. The summed E-state index contributed by atoms with van der Waals surface area (Å²) < 4.78 is 45.4. The molecule has 0 radical (unpaired) electrons. The first kappa shape index (κ1) is 11.9. The molecule has 0 aromatic heterocycles. The maximum atomic E-state index is 12.0. The average Bonchev–Trinajstić information content (AvgIpc) is 1.97. The number of halogens is 3. The van der Waals surface area contributed by atoms with Gasteiger partial charge in [-0.3, -0.25) is 0 Å². The average molecular weight is 202 g/mol. The van der Waals surface area contributed by atoms with Gasteiger partial charge in [0, 0.05) is 19.8 Å². The van der Waals surface area contributed by atoms with Crippen molar-refractivity contribution in [3.05, 3.63) is 0 Å². The Morgan fingerprint density at radius 2 is 1.58 bits per heavy atom. The zero-order chi connectivity index (χ0) is 9.78. The van der Waals surface area contributed by atoms with E-state index in [4.69, 9.17) is 9.47 Å². The van der Waals surface area contributed by atoms with Gasteiger partial charge in [0.1, 0.15) is 15.4 Å². The van der Waals surface area contributed by atoms with Crippen LogP contribution in [0.25, 0.3) is 0 Å². The van der Waals surface area contributed by atoms with Crippen LogP contribution in [0.2, 0.25) is 5.54 Å². The van der Waals surface area contributed by atoms with Crippen molar-refractivity contribution in [2.75, 3.05) is 14.2 Å². The lowest BCUT2D eigenvalue weighted by atomic mass is 10.5. The molecule has 6 heteroatoms. The van der Waals surface area contributed by atoms with E-state index in [2.05, 4.69) is 0 Å². The van der Waals surface area contributed by atoms with Crippen LogP contribution in [0, 0.1) is 0 Å². The van der Waals surface area contributed by atoms with Crippen LogP contribution < -0.4 is 0 Å². The van der Waals surface area contributed by atoms with E-state index < -0.39 is 27.2 Å². The van der Waals surface area contributed by atoms with Gasteiger partial charge in [0.15, 0.2) is 0 Å². The fraction of sp³-hybridized carbons (Fsp3) is 1.00. The molecule has 0 fully saturated rings. The fourth-order valence-electron chi connectivity index (χ4n) is 0.711. The van der Waals surface area contributed by atoms with Crippen molar-refractivity contribution < 1.29 is 22.6 Å². The molecule has 0 aromatic rings. The van der Waals surface area contributed by atoms with Gasteiger partial charge >= 0.3 is 6.18 Å². The first-order valence-electron chi connectivity index (χ1n) is 3.54. The molecule has 0 spiro atoms. The Hall–Kier alpha value is -0.0731. The second kappa shape index (κ2) is 4.83. The van der Waals surface area contributed by atoms with E-state index in [1.165, 1.54) is 14.2 Å². The maximum absolute atomic E-state index is 12.0. The minimum absolute atomic E-state index is 0.637. The predicted molar refractivity (Wildman–Crippen MR) is 41.8 cm³/mol. The summed E-state index contributed by atoms with van der Waals surface area (Å²) in [4.78, 5) is 0. The molecule has 0 aromatic carbocycles. The summed E-state index contributed by atoms with van der Waals surface area (Å²) in [5.74, 6) is -0.637. The van der Waals surface area contributed by atoms with Gasteiger partial charge in [0.2, 0.25) is 0 Å². The van der Waals surface area contributed by atoms with Gasteiger partial charge in [-0.1, -0.05) is 6.92 Å². The van der Waals surface area contributed by atoms with Crippen molar-refractivity contribution >= 4 is 9.52 Å². The van der Waals surface area contributed by atoms with E-state index in [-0.39, 0.29) is 0 Å². The lowest BCUT2D eigenvalue weighted by molar-refractivity contribution is -0.134. The highest BCUT2D eigenvalue weighted by molar-refractivity contribution is 6.38. The third-order valence-electron chi connectivity index (χ3n) is 1.63. The van der Waals surface area contributed by atoms with Crippen molar-refractivity contribution in [2.45, 2.75) is 24.6 Å². The van der Waals surface area contributed by atoms with E-state index in [1.807, 2.05) is 0 Å². The van der Waals surface area contributed by atoms with Crippen molar-refractivity contribution in [2.24, 2.45) is 0 Å². The van der Waals surface area contributed by atoms with Gasteiger partial charge < -0.3 is 9.47 Å². The molecule has 74 valence electrons. The number of alkyl halides is 3. The van der Waals surface area contributed by atoms with Crippen LogP contribution in [0.5, 0.6) is 0 Å². The van der Waals surface area contributed by atoms with Crippen molar-refractivity contribution in [1.29, 1.82) is 0 Å². The molecule has 0 saturated heterocycles. The summed E-state index contributed by atoms with van der Waals surface area (Å²) in [6, 6.07) is 0. The first-order valence-corrected chi connectivity index (χ1v) is 5.17. The molecule has 0 aliphatic carbocycles. The second-order valence-electron chi connectivity index (χ2n) is 2.58. The van der Waals surface area contributed by atoms with E-state index in [0.717, 1.165) is 6.92 Å². The Bertz CT molecular complexity index is 124.